The zero-order valence-electron chi connectivity index (χ0n) is 10.6. The number of nitrogens with one attached hydrogen (secondary N) is 1. The molecule has 0 bridgehead atoms. The highest BCUT2D eigenvalue weighted by molar-refractivity contribution is 6.31. The Labute approximate surface area is 120 Å². The number of hydrogen-bond acceptors (Lipinski definition) is 3. The second-order valence-electron chi connectivity index (χ2n) is 3.99. The Morgan fingerprint density at radius 3 is 2.90 bits per heavy atom. The van der Waals surface area contributed by atoms with Gasteiger partial charge in [-0.3, -0.25) is 4.79 Å². The number of amides is 1. The van der Waals surface area contributed by atoms with Gasteiger partial charge in [0.1, 0.15) is 5.69 Å². The predicted molar refractivity (Wildman–Crippen MR) is 74.3 cm³/mol. The molecule has 0 spiro atoms. The van der Waals surface area contributed by atoms with Crippen LogP contribution in [0.15, 0.2) is 30.6 Å². The second kappa shape index (κ2) is 5.75. The molecule has 7 heteroatoms. The highest BCUT2D eigenvalue weighted by Gasteiger charge is 2.17. The van der Waals surface area contributed by atoms with E-state index < -0.39 is 11.9 Å². The van der Waals surface area contributed by atoms with Crippen LogP contribution in [0.3, 0.4) is 0 Å². The fourth-order valence-electron chi connectivity index (χ4n) is 1.79. The molecule has 1 amide bonds. The summed E-state index contributed by atoms with van der Waals surface area (Å²) < 4.78 is 1.68. The lowest BCUT2D eigenvalue weighted by Crippen LogP contribution is -2.18. The van der Waals surface area contributed by atoms with Gasteiger partial charge in [0, 0.05) is 18.9 Å². The third-order valence-corrected chi connectivity index (χ3v) is 2.90. The molecule has 0 atom stereocenters. The van der Waals surface area contributed by atoms with Crippen molar-refractivity contribution in [1.29, 1.82) is 0 Å². The summed E-state index contributed by atoms with van der Waals surface area (Å²) in [5.74, 6) is -1.64. The number of carbonyl (C=O) groups is 2. The predicted octanol–water partition coefficient (Wildman–Crippen LogP) is 2.51. The van der Waals surface area contributed by atoms with E-state index in [1.165, 1.54) is 18.3 Å². The van der Waals surface area contributed by atoms with Crippen LogP contribution in [0.5, 0.6) is 0 Å². The summed E-state index contributed by atoms with van der Waals surface area (Å²) in [6.45, 7) is 2.45. The SMILES string of the molecule is CCn1cc(Cl)cc1C(=O)Nc1cccnc1C(=O)O. The molecule has 2 heterocycles. The summed E-state index contributed by atoms with van der Waals surface area (Å²) in [5, 5.41) is 12.0. The molecular weight excluding hydrogens is 282 g/mol. The molecule has 0 unspecified atom stereocenters. The third kappa shape index (κ3) is 2.80. The van der Waals surface area contributed by atoms with E-state index in [9.17, 15) is 9.59 Å². The minimum Gasteiger partial charge on any atom is -0.476 e. The van der Waals surface area contributed by atoms with E-state index in [4.69, 9.17) is 16.7 Å². The smallest absolute Gasteiger partial charge is 0.356 e. The Bertz CT molecular complexity index is 667. The second-order valence-corrected chi connectivity index (χ2v) is 4.42. The van der Waals surface area contributed by atoms with Crippen molar-refractivity contribution in [3.8, 4) is 0 Å². The van der Waals surface area contributed by atoms with Crippen LogP contribution in [0.4, 0.5) is 5.69 Å². The summed E-state index contributed by atoms with van der Waals surface area (Å²) in [7, 11) is 0. The van der Waals surface area contributed by atoms with E-state index in [0.717, 1.165) is 0 Å². The number of rotatable bonds is 4. The van der Waals surface area contributed by atoms with Gasteiger partial charge in [-0.1, -0.05) is 11.6 Å². The Kier molecular flexibility index (Phi) is 4.05. The molecule has 0 fully saturated rings. The number of carbonyl (C=O) groups excluding carboxylic acids is 1. The van der Waals surface area contributed by atoms with Crippen LogP contribution in [0.25, 0.3) is 0 Å². The van der Waals surface area contributed by atoms with E-state index in [0.29, 0.717) is 17.3 Å². The Morgan fingerprint density at radius 2 is 2.25 bits per heavy atom. The summed E-state index contributed by atoms with van der Waals surface area (Å²) in [6.07, 6.45) is 2.99. The number of carboxylic acids is 1. The number of pyridine rings is 1. The van der Waals surface area contributed by atoms with Gasteiger partial charge >= 0.3 is 5.97 Å². The van der Waals surface area contributed by atoms with Gasteiger partial charge in [0.2, 0.25) is 0 Å². The minimum atomic E-state index is -1.20. The molecule has 2 aromatic rings. The van der Waals surface area contributed by atoms with Gasteiger partial charge in [-0.05, 0) is 25.1 Å². The maximum Gasteiger partial charge on any atom is 0.356 e. The van der Waals surface area contributed by atoms with Gasteiger partial charge < -0.3 is 15.0 Å². The molecule has 104 valence electrons. The first-order valence-electron chi connectivity index (χ1n) is 5.88. The number of aryl methyl sites for hydroxylation is 1. The summed E-state index contributed by atoms with van der Waals surface area (Å²) in [5.41, 5.74) is 0.296. The molecule has 0 aliphatic carbocycles. The summed E-state index contributed by atoms with van der Waals surface area (Å²) >= 11 is 5.87. The van der Waals surface area contributed by atoms with Crippen molar-refractivity contribution in [3.05, 3.63) is 47.0 Å². The van der Waals surface area contributed by atoms with Crippen molar-refractivity contribution < 1.29 is 14.7 Å². The lowest BCUT2D eigenvalue weighted by Gasteiger charge is -2.09. The van der Waals surface area contributed by atoms with E-state index in [1.54, 1.807) is 16.8 Å². The van der Waals surface area contributed by atoms with Gasteiger partial charge in [0.25, 0.3) is 5.91 Å². The number of aromatic carboxylic acids is 1. The lowest BCUT2D eigenvalue weighted by atomic mass is 10.2. The van der Waals surface area contributed by atoms with Crippen molar-refractivity contribution >= 4 is 29.2 Å². The van der Waals surface area contributed by atoms with E-state index in [2.05, 4.69) is 10.3 Å². The molecule has 0 saturated carbocycles. The highest BCUT2D eigenvalue weighted by atomic mass is 35.5. The Hall–Kier alpha value is -2.34. The average Bonchev–Trinajstić information content (AvgIpc) is 2.80. The first-order valence-corrected chi connectivity index (χ1v) is 6.26. The summed E-state index contributed by atoms with van der Waals surface area (Å²) in [4.78, 5) is 26.9. The molecule has 0 aliphatic heterocycles. The van der Waals surface area contributed by atoms with E-state index in [1.807, 2.05) is 6.92 Å². The molecule has 2 N–H and O–H groups in total. The molecule has 0 saturated heterocycles. The topological polar surface area (TPSA) is 84.2 Å². The fourth-order valence-corrected chi connectivity index (χ4v) is 2.01. The Morgan fingerprint density at radius 1 is 1.50 bits per heavy atom. The fraction of sp³-hybridized carbons (Fsp3) is 0.154. The quantitative estimate of drug-likeness (QED) is 0.907. The highest BCUT2D eigenvalue weighted by Crippen LogP contribution is 2.17. The van der Waals surface area contributed by atoms with E-state index >= 15 is 0 Å². The largest absolute Gasteiger partial charge is 0.476 e. The summed E-state index contributed by atoms with van der Waals surface area (Å²) in [6, 6.07) is 4.56. The van der Waals surface area contributed by atoms with Crippen molar-refractivity contribution in [2.24, 2.45) is 0 Å². The molecule has 20 heavy (non-hydrogen) atoms. The molecule has 0 radical (unpaired) electrons. The van der Waals surface area contributed by atoms with Crippen LogP contribution in [0, 0.1) is 0 Å². The number of carboxylic acid groups (broad SMARTS) is 1. The first kappa shape index (κ1) is 14.1. The zero-order chi connectivity index (χ0) is 14.7. The standard InChI is InChI=1S/C13H12ClN3O3/c1-2-17-7-8(14)6-10(17)12(18)16-9-4-3-5-15-11(9)13(19)20/h3-7H,2H2,1H3,(H,16,18)(H,19,20). The van der Waals surface area contributed by atoms with E-state index in [-0.39, 0.29) is 11.4 Å². The molecule has 0 aliphatic rings. The van der Waals surface area contributed by atoms with Crippen LogP contribution in [-0.2, 0) is 6.54 Å². The number of halogens is 1. The van der Waals surface area contributed by atoms with Gasteiger partial charge in [0.05, 0.1) is 10.7 Å². The van der Waals surface area contributed by atoms with Gasteiger partial charge in [-0.15, -0.1) is 0 Å². The number of aromatic nitrogens is 2. The van der Waals surface area contributed by atoms with Crippen LogP contribution < -0.4 is 5.32 Å². The molecule has 2 rings (SSSR count). The Balaban J connectivity index is 2.30. The maximum absolute atomic E-state index is 12.2. The van der Waals surface area contributed by atoms with Gasteiger partial charge in [-0.25, -0.2) is 9.78 Å². The van der Waals surface area contributed by atoms with Crippen molar-refractivity contribution in [3.63, 3.8) is 0 Å². The zero-order valence-corrected chi connectivity index (χ0v) is 11.4. The van der Waals surface area contributed by atoms with Crippen LogP contribution in [-0.4, -0.2) is 26.5 Å². The van der Waals surface area contributed by atoms with Crippen molar-refractivity contribution in [1.82, 2.24) is 9.55 Å². The minimum absolute atomic E-state index is 0.143. The van der Waals surface area contributed by atoms with Crippen LogP contribution in [0.1, 0.15) is 27.9 Å². The molecule has 6 nitrogen and oxygen atoms in total. The molecule has 0 aromatic carbocycles. The van der Waals surface area contributed by atoms with Gasteiger partial charge in [0.15, 0.2) is 5.69 Å². The first-order chi connectivity index (χ1) is 9.52. The number of hydrogen-bond donors (Lipinski definition) is 2. The van der Waals surface area contributed by atoms with Crippen molar-refractivity contribution in [2.45, 2.75) is 13.5 Å². The lowest BCUT2D eigenvalue weighted by molar-refractivity contribution is 0.0692. The number of nitrogens with zero attached hydrogens (tertiary/aromatic N) is 2. The normalized spacial score (nSPS) is 10.3. The van der Waals surface area contributed by atoms with Crippen LogP contribution in [0.2, 0.25) is 5.02 Å². The van der Waals surface area contributed by atoms with Gasteiger partial charge in [-0.2, -0.15) is 0 Å². The maximum atomic E-state index is 12.2. The van der Waals surface area contributed by atoms with Crippen molar-refractivity contribution in [2.75, 3.05) is 5.32 Å². The molecular formula is C13H12ClN3O3. The van der Waals surface area contributed by atoms with Crippen LogP contribution >= 0.6 is 11.6 Å². The number of anilines is 1. The average molecular weight is 294 g/mol. The monoisotopic (exact) mass is 293 g/mol. The molecule has 2 aromatic heterocycles. The third-order valence-electron chi connectivity index (χ3n) is 2.70.